The first-order valence-corrected chi connectivity index (χ1v) is 7.13. The number of nitrogens with zero attached hydrogens (tertiary/aromatic N) is 1. The number of alkyl halides is 3. The molecule has 2 saturated heterocycles. The molecule has 2 heterocycles. The van der Waals surface area contributed by atoms with E-state index in [-0.39, 0.29) is 0 Å². The number of hydrogen-bond acceptors (Lipinski definition) is 3. The molecule has 6 heteroatoms. The van der Waals surface area contributed by atoms with Crippen LogP contribution in [0.2, 0.25) is 0 Å². The average Bonchev–Trinajstić information content (AvgIpc) is 2.90. The number of hydrogen-bond donors (Lipinski definition) is 0. The van der Waals surface area contributed by atoms with Crippen LogP contribution in [0.5, 0.6) is 0 Å². The molecule has 0 unspecified atom stereocenters. The van der Waals surface area contributed by atoms with Crippen LogP contribution < -0.4 is 0 Å². The second-order valence-corrected chi connectivity index (χ2v) is 5.58. The van der Waals surface area contributed by atoms with E-state index < -0.39 is 17.5 Å². The normalized spacial score (nSPS) is 22.8. The zero-order valence-corrected chi connectivity index (χ0v) is 11.7. The molecule has 1 spiro atoms. The number of piperidine rings is 1. The molecular weight excluding hydrogens is 283 g/mol. The van der Waals surface area contributed by atoms with Crippen molar-refractivity contribution in [1.82, 2.24) is 4.90 Å². The van der Waals surface area contributed by atoms with Gasteiger partial charge in [0.25, 0.3) is 0 Å². The summed E-state index contributed by atoms with van der Waals surface area (Å²) in [5, 5.41) is 0. The van der Waals surface area contributed by atoms with Crippen molar-refractivity contribution in [1.29, 1.82) is 0 Å². The highest BCUT2D eigenvalue weighted by Gasteiger charge is 2.39. The Balaban J connectivity index is 1.55. The van der Waals surface area contributed by atoms with E-state index >= 15 is 0 Å². The molecule has 3 rings (SSSR count). The lowest BCUT2D eigenvalue weighted by Crippen LogP contribution is -2.44. The number of rotatable bonds is 2. The number of halogens is 3. The maximum atomic E-state index is 12.5. The highest BCUT2D eigenvalue weighted by molar-refractivity contribution is 5.24. The summed E-state index contributed by atoms with van der Waals surface area (Å²) in [5.74, 6) is -0.406. The van der Waals surface area contributed by atoms with Gasteiger partial charge >= 0.3 is 6.18 Å². The molecule has 0 radical (unpaired) electrons. The molecular formula is C15H18F3NO2. The molecule has 0 bridgehead atoms. The fourth-order valence-corrected chi connectivity index (χ4v) is 2.89. The van der Waals surface area contributed by atoms with Gasteiger partial charge in [0.15, 0.2) is 5.79 Å². The van der Waals surface area contributed by atoms with Crippen molar-refractivity contribution in [2.45, 2.75) is 31.3 Å². The van der Waals surface area contributed by atoms with Crippen LogP contribution in [-0.4, -0.2) is 37.0 Å². The zero-order chi connectivity index (χ0) is 14.9. The monoisotopic (exact) mass is 301 g/mol. The Morgan fingerprint density at radius 2 is 1.57 bits per heavy atom. The molecule has 0 N–H and O–H groups in total. The van der Waals surface area contributed by atoms with Crippen LogP contribution >= 0.6 is 0 Å². The fourth-order valence-electron chi connectivity index (χ4n) is 2.89. The van der Waals surface area contributed by atoms with Gasteiger partial charge in [0.2, 0.25) is 0 Å². The maximum Gasteiger partial charge on any atom is 0.416 e. The van der Waals surface area contributed by atoms with Crippen LogP contribution in [0.15, 0.2) is 24.3 Å². The van der Waals surface area contributed by atoms with Crippen LogP contribution in [0.4, 0.5) is 13.2 Å². The molecule has 2 aliphatic heterocycles. The van der Waals surface area contributed by atoms with Crippen molar-refractivity contribution >= 4 is 0 Å². The number of ether oxygens (including phenoxy) is 2. The van der Waals surface area contributed by atoms with Gasteiger partial charge in [-0.2, -0.15) is 13.2 Å². The lowest BCUT2D eigenvalue weighted by Gasteiger charge is -2.37. The van der Waals surface area contributed by atoms with Crippen LogP contribution in [0.3, 0.4) is 0 Å². The first kappa shape index (κ1) is 14.8. The molecule has 116 valence electrons. The van der Waals surface area contributed by atoms with Crippen molar-refractivity contribution in [3.05, 3.63) is 35.4 Å². The van der Waals surface area contributed by atoms with Gasteiger partial charge < -0.3 is 9.47 Å². The summed E-state index contributed by atoms with van der Waals surface area (Å²) in [6.07, 6.45) is -2.64. The Bertz CT molecular complexity index is 471. The second-order valence-electron chi connectivity index (χ2n) is 5.58. The second kappa shape index (κ2) is 5.59. The minimum atomic E-state index is -4.27. The lowest BCUT2D eigenvalue weighted by molar-refractivity contribution is -0.185. The zero-order valence-electron chi connectivity index (χ0n) is 11.7. The molecule has 0 atom stereocenters. The van der Waals surface area contributed by atoms with E-state index in [1.54, 1.807) is 12.1 Å². The summed E-state index contributed by atoms with van der Waals surface area (Å²) in [7, 11) is 0. The van der Waals surface area contributed by atoms with Crippen LogP contribution in [0.25, 0.3) is 0 Å². The van der Waals surface area contributed by atoms with Crippen molar-refractivity contribution in [3.8, 4) is 0 Å². The predicted molar refractivity (Wildman–Crippen MR) is 70.6 cm³/mol. The van der Waals surface area contributed by atoms with Crippen molar-refractivity contribution in [2.24, 2.45) is 0 Å². The first-order valence-electron chi connectivity index (χ1n) is 7.13. The Morgan fingerprint density at radius 1 is 1.00 bits per heavy atom. The van der Waals surface area contributed by atoms with Gasteiger partial charge in [0.1, 0.15) is 0 Å². The highest BCUT2D eigenvalue weighted by Crippen LogP contribution is 2.32. The van der Waals surface area contributed by atoms with E-state index in [1.807, 2.05) is 0 Å². The van der Waals surface area contributed by atoms with Gasteiger partial charge in [0, 0.05) is 32.5 Å². The van der Waals surface area contributed by atoms with E-state index in [9.17, 15) is 13.2 Å². The van der Waals surface area contributed by atoms with Gasteiger partial charge in [-0.15, -0.1) is 0 Å². The first-order chi connectivity index (χ1) is 9.97. The minimum Gasteiger partial charge on any atom is -0.347 e. The number of likely N-dealkylation sites (tertiary alicyclic amines) is 1. The molecule has 3 nitrogen and oxygen atoms in total. The van der Waals surface area contributed by atoms with Crippen molar-refractivity contribution in [3.63, 3.8) is 0 Å². The molecule has 0 amide bonds. The third-order valence-corrected chi connectivity index (χ3v) is 4.12. The molecule has 2 aliphatic rings. The van der Waals surface area contributed by atoms with Gasteiger partial charge in [0.05, 0.1) is 18.8 Å². The van der Waals surface area contributed by atoms with Crippen LogP contribution in [0.1, 0.15) is 24.0 Å². The SMILES string of the molecule is FC(F)(F)c1ccc(CN2CCC3(CC2)OCCO3)cc1. The largest absolute Gasteiger partial charge is 0.416 e. The topological polar surface area (TPSA) is 21.7 Å². The van der Waals surface area contributed by atoms with Gasteiger partial charge in [-0.1, -0.05) is 12.1 Å². The smallest absolute Gasteiger partial charge is 0.347 e. The molecule has 2 fully saturated rings. The van der Waals surface area contributed by atoms with Gasteiger partial charge in [-0.3, -0.25) is 4.90 Å². The summed E-state index contributed by atoms with van der Waals surface area (Å²) in [6, 6.07) is 5.39. The Labute approximate surface area is 121 Å². The third kappa shape index (κ3) is 3.39. The predicted octanol–water partition coefficient (Wildman–Crippen LogP) is 3.04. The highest BCUT2D eigenvalue weighted by atomic mass is 19.4. The minimum absolute atomic E-state index is 0.406. The third-order valence-electron chi connectivity index (χ3n) is 4.12. The summed E-state index contributed by atoms with van der Waals surface area (Å²) >= 11 is 0. The molecule has 0 aromatic heterocycles. The summed E-state index contributed by atoms with van der Waals surface area (Å²) in [5.41, 5.74) is 0.295. The van der Waals surface area contributed by atoms with E-state index in [0.29, 0.717) is 19.8 Å². The summed E-state index contributed by atoms with van der Waals surface area (Å²) in [6.45, 7) is 3.63. The molecule has 21 heavy (non-hydrogen) atoms. The lowest BCUT2D eigenvalue weighted by atomic mass is 10.0. The van der Waals surface area contributed by atoms with E-state index in [1.165, 1.54) is 0 Å². The van der Waals surface area contributed by atoms with E-state index in [0.717, 1.165) is 43.6 Å². The molecule has 1 aromatic rings. The van der Waals surface area contributed by atoms with Crippen LogP contribution in [-0.2, 0) is 22.2 Å². The van der Waals surface area contributed by atoms with E-state index in [2.05, 4.69) is 4.90 Å². The molecule has 1 aromatic carbocycles. The Hall–Kier alpha value is -1.11. The molecule has 0 aliphatic carbocycles. The van der Waals surface area contributed by atoms with Crippen LogP contribution in [0, 0.1) is 0 Å². The number of benzene rings is 1. The summed E-state index contributed by atoms with van der Waals surface area (Å²) < 4.78 is 48.8. The standard InChI is InChI=1S/C15H18F3NO2/c16-15(17,18)13-3-1-12(2-4-13)11-19-7-5-14(6-8-19)20-9-10-21-14/h1-4H,5-11H2. The Kier molecular flexibility index (Phi) is 3.94. The van der Waals surface area contributed by atoms with Gasteiger partial charge in [-0.25, -0.2) is 0 Å². The van der Waals surface area contributed by atoms with Gasteiger partial charge in [-0.05, 0) is 17.7 Å². The molecule has 0 saturated carbocycles. The fraction of sp³-hybridized carbons (Fsp3) is 0.600. The average molecular weight is 301 g/mol. The quantitative estimate of drug-likeness (QED) is 0.838. The maximum absolute atomic E-state index is 12.5. The Morgan fingerprint density at radius 3 is 2.10 bits per heavy atom. The summed E-state index contributed by atoms with van der Waals surface area (Å²) in [4.78, 5) is 2.22. The van der Waals surface area contributed by atoms with E-state index in [4.69, 9.17) is 9.47 Å². The van der Waals surface area contributed by atoms with Crippen molar-refractivity contribution < 1.29 is 22.6 Å². The van der Waals surface area contributed by atoms with Crippen molar-refractivity contribution in [2.75, 3.05) is 26.3 Å².